The molecular formula is C16H18F3N3O3. The van der Waals surface area contributed by atoms with Gasteiger partial charge in [-0.3, -0.25) is 14.9 Å². The second kappa shape index (κ2) is 8.00. The van der Waals surface area contributed by atoms with Crippen LogP contribution in [0, 0.1) is 16.0 Å². The molecule has 1 aliphatic rings. The molecule has 2 rings (SSSR count). The number of anilines is 1. The van der Waals surface area contributed by atoms with Crippen LogP contribution in [0.5, 0.6) is 0 Å². The fourth-order valence-corrected chi connectivity index (χ4v) is 2.58. The zero-order chi connectivity index (χ0) is 18.4. The molecule has 2 N–H and O–H groups in total. The normalized spacial score (nSPS) is 16.7. The minimum absolute atomic E-state index is 0.0222. The van der Waals surface area contributed by atoms with Crippen LogP contribution in [0.25, 0.3) is 0 Å². The number of nitro benzene ring substituents is 1. The highest BCUT2D eigenvalue weighted by Gasteiger charge is 2.33. The second-order valence-electron chi connectivity index (χ2n) is 5.73. The standard InChI is InChI=1S/C16H18F3N3O3/c17-16(18,19)12-5-6-13(14(10-12)22(24)25)20-7-8-21-15(23)9-11-3-1-2-4-11/h1,3,5-6,10-11,20H,2,4,7-9H2,(H,21,23). The lowest BCUT2D eigenvalue weighted by Gasteiger charge is -2.12. The molecule has 0 fully saturated rings. The van der Waals surface area contributed by atoms with E-state index in [4.69, 9.17) is 0 Å². The molecule has 0 saturated heterocycles. The van der Waals surface area contributed by atoms with E-state index in [0.717, 1.165) is 25.0 Å². The summed E-state index contributed by atoms with van der Waals surface area (Å²) in [6, 6.07) is 2.29. The van der Waals surface area contributed by atoms with E-state index >= 15 is 0 Å². The number of halogens is 3. The van der Waals surface area contributed by atoms with Crippen molar-refractivity contribution in [1.82, 2.24) is 5.32 Å². The lowest BCUT2D eigenvalue weighted by molar-refractivity contribution is -0.384. The van der Waals surface area contributed by atoms with Gasteiger partial charge in [0.2, 0.25) is 5.91 Å². The largest absolute Gasteiger partial charge is 0.416 e. The summed E-state index contributed by atoms with van der Waals surface area (Å²) in [7, 11) is 0. The van der Waals surface area contributed by atoms with Crippen LogP contribution >= 0.6 is 0 Å². The van der Waals surface area contributed by atoms with Gasteiger partial charge in [-0.2, -0.15) is 13.2 Å². The van der Waals surface area contributed by atoms with Crippen molar-refractivity contribution in [2.24, 2.45) is 5.92 Å². The second-order valence-corrected chi connectivity index (χ2v) is 5.73. The number of carbonyl (C=O) groups excluding carboxylic acids is 1. The van der Waals surface area contributed by atoms with Gasteiger partial charge >= 0.3 is 6.18 Å². The molecule has 136 valence electrons. The van der Waals surface area contributed by atoms with E-state index in [9.17, 15) is 28.1 Å². The lowest BCUT2D eigenvalue weighted by atomic mass is 10.1. The number of nitrogens with zero attached hydrogens (tertiary/aromatic N) is 1. The first-order valence-electron chi connectivity index (χ1n) is 7.80. The Morgan fingerprint density at radius 3 is 2.68 bits per heavy atom. The number of hydrogen-bond donors (Lipinski definition) is 2. The van der Waals surface area contributed by atoms with Crippen LogP contribution in [-0.2, 0) is 11.0 Å². The van der Waals surface area contributed by atoms with Gasteiger partial charge in [-0.25, -0.2) is 0 Å². The van der Waals surface area contributed by atoms with Gasteiger partial charge in [0.25, 0.3) is 5.69 Å². The molecule has 1 amide bonds. The summed E-state index contributed by atoms with van der Waals surface area (Å²) in [4.78, 5) is 21.8. The number of nitro groups is 1. The monoisotopic (exact) mass is 357 g/mol. The molecule has 0 radical (unpaired) electrons. The van der Waals surface area contributed by atoms with E-state index in [2.05, 4.69) is 10.6 Å². The summed E-state index contributed by atoms with van der Waals surface area (Å²) in [6.07, 6.45) is 1.69. The SMILES string of the molecule is O=C(CC1C=CCC1)NCCNc1ccc(C(F)(F)F)cc1[N+](=O)[O-]. The molecule has 0 aliphatic heterocycles. The molecule has 0 heterocycles. The highest BCUT2D eigenvalue weighted by molar-refractivity contribution is 5.76. The van der Waals surface area contributed by atoms with E-state index in [-0.39, 0.29) is 30.6 Å². The van der Waals surface area contributed by atoms with Crippen molar-refractivity contribution in [3.05, 3.63) is 46.0 Å². The fourth-order valence-electron chi connectivity index (χ4n) is 2.58. The van der Waals surface area contributed by atoms with Gasteiger partial charge in [-0.15, -0.1) is 0 Å². The predicted octanol–water partition coefficient (Wildman–Crippen LogP) is 3.50. The number of carbonyl (C=O) groups is 1. The average molecular weight is 357 g/mol. The maximum absolute atomic E-state index is 12.6. The fraction of sp³-hybridized carbons (Fsp3) is 0.438. The lowest BCUT2D eigenvalue weighted by Crippen LogP contribution is -2.29. The summed E-state index contributed by atoms with van der Waals surface area (Å²) >= 11 is 0. The van der Waals surface area contributed by atoms with Crippen LogP contribution in [0.2, 0.25) is 0 Å². The van der Waals surface area contributed by atoms with E-state index < -0.39 is 22.4 Å². The van der Waals surface area contributed by atoms with Crippen LogP contribution in [0.3, 0.4) is 0 Å². The van der Waals surface area contributed by atoms with E-state index in [1.165, 1.54) is 0 Å². The molecule has 1 aromatic carbocycles. The number of allylic oxidation sites excluding steroid dienone is 2. The third kappa shape index (κ3) is 5.47. The highest BCUT2D eigenvalue weighted by atomic mass is 19.4. The Balaban J connectivity index is 1.86. The topological polar surface area (TPSA) is 84.3 Å². The average Bonchev–Trinajstić information content (AvgIpc) is 3.03. The maximum atomic E-state index is 12.6. The molecule has 1 aromatic rings. The Hall–Kier alpha value is -2.58. The van der Waals surface area contributed by atoms with Gasteiger partial charge in [-0.05, 0) is 30.9 Å². The number of amides is 1. The molecule has 1 unspecified atom stereocenters. The molecule has 9 heteroatoms. The van der Waals surface area contributed by atoms with Crippen LogP contribution in [0.1, 0.15) is 24.8 Å². The number of benzene rings is 1. The van der Waals surface area contributed by atoms with Gasteiger partial charge < -0.3 is 10.6 Å². The van der Waals surface area contributed by atoms with Crippen LogP contribution in [0.15, 0.2) is 30.4 Å². The Kier molecular flexibility index (Phi) is 6.00. The number of alkyl halides is 3. The Morgan fingerprint density at radius 1 is 1.32 bits per heavy atom. The molecule has 25 heavy (non-hydrogen) atoms. The predicted molar refractivity (Wildman–Crippen MR) is 86.1 cm³/mol. The quantitative estimate of drug-likeness (QED) is 0.339. The maximum Gasteiger partial charge on any atom is 0.416 e. The minimum Gasteiger partial charge on any atom is -0.378 e. The first kappa shape index (κ1) is 18.8. The van der Waals surface area contributed by atoms with Crippen molar-refractivity contribution in [1.29, 1.82) is 0 Å². The van der Waals surface area contributed by atoms with Gasteiger partial charge in [0.05, 0.1) is 10.5 Å². The Labute approximate surface area is 142 Å². The zero-order valence-electron chi connectivity index (χ0n) is 13.3. The number of hydrogen-bond acceptors (Lipinski definition) is 4. The summed E-state index contributed by atoms with van der Waals surface area (Å²) < 4.78 is 37.9. The van der Waals surface area contributed by atoms with Gasteiger partial charge in [0.15, 0.2) is 0 Å². The molecule has 1 aliphatic carbocycles. The van der Waals surface area contributed by atoms with Crippen molar-refractivity contribution in [2.75, 3.05) is 18.4 Å². The van der Waals surface area contributed by atoms with E-state index in [1.807, 2.05) is 12.2 Å². The van der Waals surface area contributed by atoms with Crippen LogP contribution < -0.4 is 10.6 Å². The van der Waals surface area contributed by atoms with Crippen molar-refractivity contribution >= 4 is 17.3 Å². The zero-order valence-corrected chi connectivity index (χ0v) is 13.3. The van der Waals surface area contributed by atoms with Gasteiger partial charge in [0, 0.05) is 25.6 Å². The molecule has 0 spiro atoms. The minimum atomic E-state index is -4.65. The van der Waals surface area contributed by atoms with Gasteiger partial charge in [-0.1, -0.05) is 12.2 Å². The third-order valence-corrected chi connectivity index (χ3v) is 3.84. The Morgan fingerprint density at radius 2 is 2.08 bits per heavy atom. The van der Waals surface area contributed by atoms with Crippen molar-refractivity contribution in [3.63, 3.8) is 0 Å². The van der Waals surface area contributed by atoms with Crippen molar-refractivity contribution < 1.29 is 22.9 Å². The smallest absolute Gasteiger partial charge is 0.378 e. The number of nitrogens with one attached hydrogen (secondary N) is 2. The first-order valence-corrected chi connectivity index (χ1v) is 7.80. The molecular weight excluding hydrogens is 339 g/mol. The summed E-state index contributed by atoms with van der Waals surface area (Å²) in [6.45, 7) is 0.381. The van der Waals surface area contributed by atoms with Crippen molar-refractivity contribution in [3.8, 4) is 0 Å². The Bertz CT molecular complexity index is 674. The van der Waals surface area contributed by atoms with E-state index in [0.29, 0.717) is 12.5 Å². The van der Waals surface area contributed by atoms with Crippen LogP contribution in [0.4, 0.5) is 24.5 Å². The molecule has 0 saturated carbocycles. The molecule has 6 nitrogen and oxygen atoms in total. The van der Waals surface area contributed by atoms with Gasteiger partial charge in [0.1, 0.15) is 5.69 Å². The van der Waals surface area contributed by atoms with Crippen LogP contribution in [-0.4, -0.2) is 23.9 Å². The molecule has 0 aromatic heterocycles. The van der Waals surface area contributed by atoms with E-state index in [1.54, 1.807) is 0 Å². The third-order valence-electron chi connectivity index (χ3n) is 3.84. The summed E-state index contributed by atoms with van der Waals surface area (Å²) in [5.41, 5.74) is -1.76. The highest BCUT2D eigenvalue weighted by Crippen LogP contribution is 2.34. The van der Waals surface area contributed by atoms with Crippen molar-refractivity contribution in [2.45, 2.75) is 25.4 Å². The first-order chi connectivity index (χ1) is 11.8. The summed E-state index contributed by atoms with van der Waals surface area (Å²) in [5.74, 6) is 0.115. The summed E-state index contributed by atoms with van der Waals surface area (Å²) in [5, 5.41) is 16.3. The molecule has 0 bridgehead atoms. The number of rotatable bonds is 7. The molecule has 1 atom stereocenters.